The van der Waals surface area contributed by atoms with E-state index in [1.807, 2.05) is 18.2 Å². The smallest absolute Gasteiger partial charge is 0.247 e. The summed E-state index contributed by atoms with van der Waals surface area (Å²) in [5, 5.41) is 0. The first-order chi connectivity index (χ1) is 11.1. The van der Waals surface area contributed by atoms with Gasteiger partial charge in [-0.1, -0.05) is 6.42 Å². The number of hydrogen-bond donors (Lipinski definition) is 1. The zero-order valence-electron chi connectivity index (χ0n) is 13.7. The molecule has 1 fully saturated rings. The molecular formula is C17H25N3O3. The summed E-state index contributed by atoms with van der Waals surface area (Å²) in [6, 6.07) is 4.94. The minimum atomic E-state index is -0.629. The first-order valence-corrected chi connectivity index (χ1v) is 8.30. The van der Waals surface area contributed by atoms with Crippen LogP contribution in [0.25, 0.3) is 0 Å². The molecule has 23 heavy (non-hydrogen) atoms. The molecule has 1 aromatic rings. The maximum atomic E-state index is 12.1. The van der Waals surface area contributed by atoms with Gasteiger partial charge in [-0.3, -0.25) is 9.69 Å². The minimum absolute atomic E-state index is 0.144. The SMILES string of the molecule is CN1C(=O)[C@@H](N)COc2ccc(OCCN3CCCCC3)cc21. The number of ether oxygens (including phenoxy) is 2. The van der Waals surface area contributed by atoms with E-state index in [9.17, 15) is 4.79 Å². The highest BCUT2D eigenvalue weighted by molar-refractivity contribution is 5.98. The number of nitrogens with two attached hydrogens (primary N) is 1. The summed E-state index contributed by atoms with van der Waals surface area (Å²) < 4.78 is 11.5. The van der Waals surface area contributed by atoms with Crippen LogP contribution in [0.3, 0.4) is 0 Å². The average Bonchev–Trinajstić information content (AvgIpc) is 2.69. The lowest BCUT2D eigenvalue weighted by Gasteiger charge is -2.26. The van der Waals surface area contributed by atoms with E-state index >= 15 is 0 Å². The Morgan fingerprint density at radius 3 is 2.87 bits per heavy atom. The Bertz CT molecular complexity index is 558. The van der Waals surface area contributed by atoms with Crippen molar-refractivity contribution in [1.29, 1.82) is 0 Å². The Morgan fingerprint density at radius 2 is 2.09 bits per heavy atom. The molecule has 2 heterocycles. The first kappa shape index (κ1) is 16.1. The molecule has 2 aliphatic heterocycles. The van der Waals surface area contributed by atoms with Crippen molar-refractivity contribution in [3.63, 3.8) is 0 Å². The molecule has 1 aromatic carbocycles. The number of piperidine rings is 1. The van der Waals surface area contributed by atoms with Crippen molar-refractivity contribution in [2.75, 3.05) is 44.8 Å². The van der Waals surface area contributed by atoms with Gasteiger partial charge in [-0.05, 0) is 38.1 Å². The predicted molar refractivity (Wildman–Crippen MR) is 89.1 cm³/mol. The zero-order chi connectivity index (χ0) is 16.2. The van der Waals surface area contributed by atoms with Crippen molar-refractivity contribution in [3.8, 4) is 11.5 Å². The Labute approximate surface area is 137 Å². The highest BCUT2D eigenvalue weighted by Gasteiger charge is 2.26. The van der Waals surface area contributed by atoms with Crippen molar-refractivity contribution in [3.05, 3.63) is 18.2 Å². The molecule has 3 rings (SSSR count). The third-order valence-electron chi connectivity index (χ3n) is 4.48. The molecule has 1 saturated heterocycles. The van der Waals surface area contributed by atoms with E-state index in [2.05, 4.69) is 4.90 Å². The molecule has 2 N–H and O–H groups in total. The lowest BCUT2D eigenvalue weighted by molar-refractivity contribution is -0.119. The van der Waals surface area contributed by atoms with Gasteiger partial charge in [0, 0.05) is 19.7 Å². The van der Waals surface area contributed by atoms with Gasteiger partial charge in [-0.2, -0.15) is 0 Å². The Morgan fingerprint density at radius 1 is 1.30 bits per heavy atom. The fourth-order valence-corrected chi connectivity index (χ4v) is 3.07. The fraction of sp³-hybridized carbons (Fsp3) is 0.588. The lowest BCUT2D eigenvalue weighted by Crippen LogP contribution is -2.43. The molecule has 0 saturated carbocycles. The number of nitrogens with zero attached hydrogens (tertiary/aromatic N) is 2. The van der Waals surface area contributed by atoms with Crippen molar-refractivity contribution >= 4 is 11.6 Å². The van der Waals surface area contributed by atoms with Gasteiger partial charge in [0.2, 0.25) is 5.91 Å². The average molecular weight is 319 g/mol. The van der Waals surface area contributed by atoms with Crippen LogP contribution in [0.5, 0.6) is 11.5 Å². The van der Waals surface area contributed by atoms with Crippen LogP contribution in [0.4, 0.5) is 5.69 Å². The Kier molecular flexibility index (Phi) is 5.03. The van der Waals surface area contributed by atoms with E-state index < -0.39 is 6.04 Å². The number of amides is 1. The predicted octanol–water partition coefficient (Wildman–Crippen LogP) is 1.23. The first-order valence-electron chi connectivity index (χ1n) is 8.30. The zero-order valence-corrected chi connectivity index (χ0v) is 13.7. The normalized spacial score (nSPS) is 22.3. The van der Waals surface area contributed by atoms with Crippen molar-refractivity contribution in [1.82, 2.24) is 4.90 Å². The standard InChI is InChI=1S/C17H25N3O3/c1-19-15-11-13(22-10-9-20-7-3-2-4-8-20)5-6-16(15)23-12-14(18)17(19)21/h5-6,11,14H,2-4,7-10,12,18H2,1H3/t14-/m0/s1. The number of carbonyl (C=O) groups is 1. The molecule has 0 aromatic heterocycles. The summed E-state index contributed by atoms with van der Waals surface area (Å²) in [7, 11) is 1.72. The van der Waals surface area contributed by atoms with Crippen LogP contribution in [0.2, 0.25) is 0 Å². The van der Waals surface area contributed by atoms with Crippen LogP contribution in [-0.4, -0.2) is 56.7 Å². The summed E-state index contributed by atoms with van der Waals surface area (Å²) >= 11 is 0. The van der Waals surface area contributed by atoms with Gasteiger partial charge in [0.15, 0.2) is 0 Å². The third-order valence-corrected chi connectivity index (χ3v) is 4.48. The van der Waals surface area contributed by atoms with E-state index in [0.29, 0.717) is 18.0 Å². The van der Waals surface area contributed by atoms with Crippen LogP contribution >= 0.6 is 0 Å². The molecular weight excluding hydrogens is 294 g/mol. The van der Waals surface area contributed by atoms with Crippen LogP contribution in [0, 0.1) is 0 Å². The van der Waals surface area contributed by atoms with E-state index in [-0.39, 0.29) is 12.5 Å². The molecule has 6 nitrogen and oxygen atoms in total. The molecule has 0 bridgehead atoms. The van der Waals surface area contributed by atoms with Gasteiger partial charge >= 0.3 is 0 Å². The summed E-state index contributed by atoms with van der Waals surface area (Å²) in [5.74, 6) is 1.27. The van der Waals surface area contributed by atoms with E-state index in [1.54, 1.807) is 11.9 Å². The quantitative estimate of drug-likeness (QED) is 0.904. The van der Waals surface area contributed by atoms with Crippen LogP contribution in [0.1, 0.15) is 19.3 Å². The molecule has 0 radical (unpaired) electrons. The molecule has 1 amide bonds. The summed E-state index contributed by atoms with van der Waals surface area (Å²) in [6.45, 7) is 4.11. The Balaban J connectivity index is 1.62. The number of hydrogen-bond acceptors (Lipinski definition) is 5. The minimum Gasteiger partial charge on any atom is -0.492 e. The summed E-state index contributed by atoms with van der Waals surface area (Å²) in [5.41, 5.74) is 6.50. The van der Waals surface area contributed by atoms with Crippen molar-refractivity contribution in [2.45, 2.75) is 25.3 Å². The van der Waals surface area contributed by atoms with Gasteiger partial charge in [0.1, 0.15) is 30.8 Å². The number of rotatable bonds is 4. The van der Waals surface area contributed by atoms with Crippen LogP contribution in [-0.2, 0) is 4.79 Å². The van der Waals surface area contributed by atoms with Crippen molar-refractivity contribution < 1.29 is 14.3 Å². The fourth-order valence-electron chi connectivity index (χ4n) is 3.07. The van der Waals surface area contributed by atoms with Crippen LogP contribution in [0.15, 0.2) is 18.2 Å². The number of likely N-dealkylation sites (tertiary alicyclic amines) is 1. The second-order valence-electron chi connectivity index (χ2n) is 6.20. The third kappa shape index (κ3) is 3.76. The highest BCUT2D eigenvalue weighted by Crippen LogP contribution is 2.33. The van der Waals surface area contributed by atoms with Gasteiger partial charge in [0.25, 0.3) is 0 Å². The summed E-state index contributed by atoms with van der Waals surface area (Å²) in [4.78, 5) is 16.1. The number of fused-ring (bicyclic) bond motifs is 1. The molecule has 1 atom stereocenters. The number of anilines is 1. The molecule has 0 unspecified atom stereocenters. The van der Waals surface area contributed by atoms with E-state index in [0.717, 1.165) is 25.4 Å². The van der Waals surface area contributed by atoms with Gasteiger partial charge in [0.05, 0.1) is 5.69 Å². The topological polar surface area (TPSA) is 68.0 Å². The van der Waals surface area contributed by atoms with Crippen LogP contribution < -0.4 is 20.1 Å². The number of likely N-dealkylation sites (N-methyl/N-ethyl adjacent to an activating group) is 1. The van der Waals surface area contributed by atoms with E-state index in [1.165, 1.54) is 19.3 Å². The van der Waals surface area contributed by atoms with Gasteiger partial charge in [-0.25, -0.2) is 0 Å². The maximum absolute atomic E-state index is 12.1. The Hall–Kier alpha value is -1.79. The molecule has 126 valence electrons. The number of carbonyl (C=O) groups excluding carboxylic acids is 1. The summed E-state index contributed by atoms with van der Waals surface area (Å²) in [6.07, 6.45) is 3.90. The molecule has 0 spiro atoms. The molecule has 0 aliphatic carbocycles. The molecule has 2 aliphatic rings. The second-order valence-corrected chi connectivity index (χ2v) is 6.20. The molecule has 6 heteroatoms. The number of benzene rings is 1. The highest BCUT2D eigenvalue weighted by atomic mass is 16.5. The van der Waals surface area contributed by atoms with Gasteiger partial charge < -0.3 is 20.1 Å². The van der Waals surface area contributed by atoms with Gasteiger partial charge in [-0.15, -0.1) is 0 Å². The second kappa shape index (κ2) is 7.19. The van der Waals surface area contributed by atoms with Crippen molar-refractivity contribution in [2.24, 2.45) is 5.73 Å². The monoisotopic (exact) mass is 319 g/mol. The lowest BCUT2D eigenvalue weighted by atomic mass is 10.1. The maximum Gasteiger partial charge on any atom is 0.247 e. The largest absolute Gasteiger partial charge is 0.492 e. The van der Waals surface area contributed by atoms with E-state index in [4.69, 9.17) is 15.2 Å².